The van der Waals surface area contributed by atoms with Gasteiger partial charge >= 0.3 is 0 Å². The highest BCUT2D eigenvalue weighted by Crippen LogP contribution is 2.10. The summed E-state index contributed by atoms with van der Waals surface area (Å²) < 4.78 is 23.2. The molecule has 3 nitrogen and oxygen atoms in total. The van der Waals surface area contributed by atoms with Crippen molar-refractivity contribution >= 4 is 9.84 Å². The Morgan fingerprint density at radius 2 is 1.62 bits per heavy atom. The van der Waals surface area contributed by atoms with Crippen LogP contribution >= 0.6 is 0 Å². The van der Waals surface area contributed by atoms with Gasteiger partial charge in [-0.05, 0) is 26.2 Å². The summed E-state index contributed by atoms with van der Waals surface area (Å²) in [5.74, 6) is 0.683. The molecule has 0 aliphatic carbocycles. The molecule has 0 aromatic carbocycles. The van der Waals surface area contributed by atoms with E-state index in [0.717, 1.165) is 6.42 Å². The van der Waals surface area contributed by atoms with Gasteiger partial charge < -0.3 is 5.73 Å². The first kappa shape index (κ1) is 12.9. The molecule has 0 aromatic heterocycles. The van der Waals surface area contributed by atoms with Crippen LogP contribution < -0.4 is 5.73 Å². The summed E-state index contributed by atoms with van der Waals surface area (Å²) in [6.07, 6.45) is 0.722. The highest BCUT2D eigenvalue weighted by molar-refractivity contribution is 7.92. The van der Waals surface area contributed by atoms with Crippen molar-refractivity contribution in [3.05, 3.63) is 0 Å². The maximum atomic E-state index is 11.6. The minimum atomic E-state index is -2.98. The van der Waals surface area contributed by atoms with Crippen LogP contribution in [0.4, 0.5) is 0 Å². The Hall–Kier alpha value is -0.0900. The van der Waals surface area contributed by atoms with Crippen molar-refractivity contribution in [2.45, 2.75) is 45.4 Å². The Balaban J connectivity index is 4.24. The molecule has 0 radical (unpaired) electrons. The molecule has 0 bridgehead atoms. The highest BCUT2D eigenvalue weighted by Gasteiger charge is 2.23. The second kappa shape index (κ2) is 4.96. The van der Waals surface area contributed by atoms with Gasteiger partial charge in [-0.25, -0.2) is 8.42 Å². The zero-order valence-corrected chi connectivity index (χ0v) is 9.76. The summed E-state index contributed by atoms with van der Waals surface area (Å²) in [5, 5.41) is -0.425. The normalized spacial score (nSPS) is 17.4. The summed E-state index contributed by atoms with van der Waals surface area (Å²) in [4.78, 5) is 0. The van der Waals surface area contributed by atoms with E-state index in [9.17, 15) is 8.42 Å². The fourth-order valence-electron chi connectivity index (χ4n) is 0.913. The van der Waals surface area contributed by atoms with Gasteiger partial charge in [-0.2, -0.15) is 0 Å². The third kappa shape index (κ3) is 4.62. The van der Waals surface area contributed by atoms with E-state index in [-0.39, 0.29) is 11.8 Å². The van der Waals surface area contributed by atoms with Gasteiger partial charge in [-0.15, -0.1) is 0 Å². The van der Waals surface area contributed by atoms with E-state index in [2.05, 4.69) is 0 Å². The predicted octanol–water partition coefficient (Wildman–Crippen LogP) is 1.18. The summed E-state index contributed by atoms with van der Waals surface area (Å²) in [6.45, 7) is 7.45. The van der Waals surface area contributed by atoms with Crippen LogP contribution in [0, 0.1) is 5.92 Å². The first-order valence-corrected chi connectivity index (χ1v) is 6.46. The van der Waals surface area contributed by atoms with E-state index in [1.54, 1.807) is 13.8 Å². The molecule has 0 aliphatic heterocycles. The Kier molecular flexibility index (Phi) is 4.92. The molecule has 0 aliphatic rings. The molecule has 2 unspecified atom stereocenters. The number of sulfone groups is 1. The number of hydrogen-bond donors (Lipinski definition) is 1. The van der Waals surface area contributed by atoms with E-state index in [1.165, 1.54) is 0 Å². The van der Waals surface area contributed by atoms with Gasteiger partial charge in [0.25, 0.3) is 0 Å². The average molecular weight is 207 g/mol. The minimum Gasteiger partial charge on any atom is -0.327 e. The lowest BCUT2D eigenvalue weighted by Gasteiger charge is -2.16. The van der Waals surface area contributed by atoms with Crippen LogP contribution in [0.25, 0.3) is 0 Å². The predicted molar refractivity (Wildman–Crippen MR) is 56.4 cm³/mol. The van der Waals surface area contributed by atoms with Crippen LogP contribution in [0.3, 0.4) is 0 Å². The molecular weight excluding hydrogens is 186 g/mol. The number of hydrogen-bond acceptors (Lipinski definition) is 3. The molecule has 4 heteroatoms. The van der Waals surface area contributed by atoms with Gasteiger partial charge in [0.05, 0.1) is 11.0 Å². The zero-order chi connectivity index (χ0) is 10.6. The SMILES string of the molecule is CC(C)CCS(=O)(=O)C(C)C(C)N. The summed E-state index contributed by atoms with van der Waals surface area (Å²) in [7, 11) is -2.98. The summed E-state index contributed by atoms with van der Waals surface area (Å²) in [5.41, 5.74) is 5.55. The van der Waals surface area contributed by atoms with E-state index in [0.29, 0.717) is 5.92 Å². The first-order chi connectivity index (χ1) is 5.77. The van der Waals surface area contributed by atoms with Gasteiger partial charge in [0.2, 0.25) is 0 Å². The van der Waals surface area contributed by atoms with E-state index in [1.807, 2.05) is 13.8 Å². The highest BCUT2D eigenvalue weighted by atomic mass is 32.2. The lowest BCUT2D eigenvalue weighted by molar-refractivity contribution is 0.552. The maximum absolute atomic E-state index is 11.6. The number of nitrogens with two attached hydrogens (primary N) is 1. The molecule has 13 heavy (non-hydrogen) atoms. The second-order valence-corrected chi connectivity index (χ2v) is 6.59. The molecule has 0 aromatic rings. The summed E-state index contributed by atoms with van der Waals surface area (Å²) in [6, 6.07) is -0.280. The molecular formula is C9H21NO2S. The quantitative estimate of drug-likeness (QED) is 0.736. The maximum Gasteiger partial charge on any atom is 0.154 e. The van der Waals surface area contributed by atoms with Crippen LogP contribution in [0.2, 0.25) is 0 Å². The third-order valence-corrected chi connectivity index (χ3v) is 4.65. The lowest BCUT2D eigenvalue weighted by atomic mass is 10.2. The average Bonchev–Trinajstić information content (AvgIpc) is 1.99. The van der Waals surface area contributed by atoms with Crippen molar-refractivity contribution in [2.24, 2.45) is 11.7 Å². The van der Waals surface area contributed by atoms with Crippen molar-refractivity contribution in [1.29, 1.82) is 0 Å². The Morgan fingerprint density at radius 1 is 1.15 bits per heavy atom. The molecule has 0 spiro atoms. The Labute approximate surface area is 81.6 Å². The Bertz CT molecular complexity index is 232. The second-order valence-electron chi connectivity index (χ2n) is 4.11. The van der Waals surface area contributed by atoms with Crippen LogP contribution in [-0.4, -0.2) is 25.5 Å². The molecule has 2 N–H and O–H groups in total. The van der Waals surface area contributed by atoms with Gasteiger partial charge in [-0.1, -0.05) is 13.8 Å². The van der Waals surface area contributed by atoms with E-state index < -0.39 is 15.1 Å². The smallest absolute Gasteiger partial charge is 0.154 e. The van der Waals surface area contributed by atoms with Crippen LogP contribution in [0.5, 0.6) is 0 Å². The molecule has 80 valence electrons. The third-order valence-electron chi connectivity index (χ3n) is 2.29. The Morgan fingerprint density at radius 3 is 1.92 bits per heavy atom. The summed E-state index contributed by atoms with van der Waals surface area (Å²) >= 11 is 0. The molecule has 0 fully saturated rings. The molecule has 0 rings (SSSR count). The van der Waals surface area contributed by atoms with Gasteiger partial charge in [0.15, 0.2) is 9.84 Å². The fraction of sp³-hybridized carbons (Fsp3) is 1.00. The van der Waals surface area contributed by atoms with Gasteiger partial charge in [0.1, 0.15) is 0 Å². The minimum absolute atomic E-state index is 0.257. The lowest BCUT2D eigenvalue weighted by Crippen LogP contribution is -2.37. The van der Waals surface area contributed by atoms with Gasteiger partial charge in [-0.3, -0.25) is 0 Å². The molecule has 0 saturated carbocycles. The van der Waals surface area contributed by atoms with Gasteiger partial charge in [0, 0.05) is 6.04 Å². The zero-order valence-electron chi connectivity index (χ0n) is 8.95. The van der Waals surface area contributed by atoms with Crippen LogP contribution in [-0.2, 0) is 9.84 Å². The van der Waals surface area contributed by atoms with Crippen molar-refractivity contribution in [3.8, 4) is 0 Å². The molecule has 0 saturated heterocycles. The standard InChI is InChI=1S/C9H21NO2S/c1-7(2)5-6-13(11,12)9(4)8(3)10/h7-9H,5-6,10H2,1-4H3. The van der Waals surface area contributed by atoms with Crippen molar-refractivity contribution in [2.75, 3.05) is 5.75 Å². The van der Waals surface area contributed by atoms with Crippen molar-refractivity contribution in [1.82, 2.24) is 0 Å². The van der Waals surface area contributed by atoms with E-state index in [4.69, 9.17) is 5.73 Å². The monoisotopic (exact) mass is 207 g/mol. The fourth-order valence-corrected chi connectivity index (χ4v) is 2.74. The number of rotatable bonds is 5. The molecule has 2 atom stereocenters. The van der Waals surface area contributed by atoms with E-state index >= 15 is 0 Å². The topological polar surface area (TPSA) is 60.2 Å². The largest absolute Gasteiger partial charge is 0.327 e. The molecule has 0 heterocycles. The van der Waals surface area contributed by atoms with Crippen LogP contribution in [0.1, 0.15) is 34.1 Å². The first-order valence-electron chi connectivity index (χ1n) is 4.74. The van der Waals surface area contributed by atoms with Crippen molar-refractivity contribution < 1.29 is 8.42 Å². The van der Waals surface area contributed by atoms with Crippen molar-refractivity contribution in [3.63, 3.8) is 0 Å². The van der Waals surface area contributed by atoms with Crippen LogP contribution in [0.15, 0.2) is 0 Å². The molecule has 0 amide bonds.